The normalized spacial score (nSPS) is 9.92. The van der Waals surface area contributed by atoms with Crippen molar-refractivity contribution in [3.05, 3.63) is 41.4 Å². The highest BCUT2D eigenvalue weighted by Gasteiger charge is 2.03. The summed E-state index contributed by atoms with van der Waals surface area (Å²) in [5, 5.41) is 13.0. The van der Waals surface area contributed by atoms with E-state index in [2.05, 4.69) is 11.9 Å². The summed E-state index contributed by atoms with van der Waals surface area (Å²) in [5.74, 6) is 0.153. The molecule has 13 heavy (non-hydrogen) atoms. The van der Waals surface area contributed by atoms with Gasteiger partial charge in [-0.2, -0.15) is 0 Å². The van der Waals surface area contributed by atoms with Gasteiger partial charge in [0.1, 0.15) is 5.75 Å². The Morgan fingerprint density at radius 1 is 1.54 bits per heavy atom. The molecule has 0 aliphatic rings. The molecule has 2 nitrogen and oxygen atoms in total. The molecule has 1 aromatic rings. The average molecular weight is 198 g/mol. The minimum atomic E-state index is 0.153. The molecule has 2 N–H and O–H groups in total. The minimum Gasteiger partial charge on any atom is -0.506 e. The Kier molecular flexibility index (Phi) is 3.80. The Morgan fingerprint density at radius 2 is 2.31 bits per heavy atom. The molecule has 0 atom stereocenters. The quantitative estimate of drug-likeness (QED) is 0.574. The van der Waals surface area contributed by atoms with Crippen LogP contribution in [0.5, 0.6) is 5.75 Å². The van der Waals surface area contributed by atoms with Crippen LogP contribution in [0, 0.1) is 0 Å². The number of rotatable bonds is 4. The fraction of sp³-hybridized carbons (Fsp3) is 0.200. The molecule has 0 spiro atoms. The number of phenolic OH excluding ortho intramolecular Hbond substituents is 1. The van der Waals surface area contributed by atoms with Crippen molar-refractivity contribution in [1.82, 2.24) is 5.32 Å². The van der Waals surface area contributed by atoms with Crippen LogP contribution in [0.1, 0.15) is 5.56 Å². The highest BCUT2D eigenvalue weighted by molar-refractivity contribution is 6.32. The maximum Gasteiger partial charge on any atom is 0.138 e. The van der Waals surface area contributed by atoms with Crippen LogP contribution in [0.3, 0.4) is 0 Å². The largest absolute Gasteiger partial charge is 0.506 e. The zero-order valence-corrected chi connectivity index (χ0v) is 8.01. The van der Waals surface area contributed by atoms with Crippen molar-refractivity contribution in [1.29, 1.82) is 0 Å². The SMILES string of the molecule is C=CCNCc1cccc(Cl)c1O. The van der Waals surface area contributed by atoms with Gasteiger partial charge in [0.2, 0.25) is 0 Å². The van der Waals surface area contributed by atoms with Crippen LogP contribution < -0.4 is 5.32 Å². The maximum absolute atomic E-state index is 9.50. The Labute approximate surface area is 82.8 Å². The van der Waals surface area contributed by atoms with Crippen LogP contribution in [0.25, 0.3) is 0 Å². The lowest BCUT2D eigenvalue weighted by Gasteiger charge is -2.05. The number of aromatic hydroxyl groups is 1. The third kappa shape index (κ3) is 2.76. The molecule has 0 aliphatic heterocycles. The number of benzene rings is 1. The molecule has 1 aromatic carbocycles. The number of hydrogen-bond acceptors (Lipinski definition) is 2. The number of halogens is 1. The lowest BCUT2D eigenvalue weighted by atomic mass is 10.2. The highest BCUT2D eigenvalue weighted by atomic mass is 35.5. The summed E-state index contributed by atoms with van der Waals surface area (Å²) < 4.78 is 0. The van der Waals surface area contributed by atoms with E-state index in [-0.39, 0.29) is 5.75 Å². The molecule has 3 heteroatoms. The van der Waals surface area contributed by atoms with E-state index < -0.39 is 0 Å². The van der Waals surface area contributed by atoms with Crippen molar-refractivity contribution >= 4 is 11.6 Å². The third-order valence-electron chi connectivity index (χ3n) is 1.67. The maximum atomic E-state index is 9.50. The summed E-state index contributed by atoms with van der Waals surface area (Å²) in [6.07, 6.45) is 1.77. The van der Waals surface area contributed by atoms with Crippen molar-refractivity contribution in [2.24, 2.45) is 0 Å². The van der Waals surface area contributed by atoms with Crippen LogP contribution in [0.4, 0.5) is 0 Å². The monoisotopic (exact) mass is 197 g/mol. The van der Waals surface area contributed by atoms with Crippen LogP contribution >= 0.6 is 11.6 Å². The zero-order valence-electron chi connectivity index (χ0n) is 7.26. The highest BCUT2D eigenvalue weighted by Crippen LogP contribution is 2.26. The molecule has 0 saturated heterocycles. The van der Waals surface area contributed by atoms with E-state index in [1.165, 1.54) is 0 Å². The third-order valence-corrected chi connectivity index (χ3v) is 1.98. The first-order valence-corrected chi connectivity index (χ1v) is 4.41. The van der Waals surface area contributed by atoms with E-state index >= 15 is 0 Å². The fourth-order valence-electron chi connectivity index (χ4n) is 1.01. The van der Waals surface area contributed by atoms with Crippen LogP contribution in [-0.2, 0) is 6.54 Å². The van der Waals surface area contributed by atoms with E-state index in [1.54, 1.807) is 12.1 Å². The van der Waals surface area contributed by atoms with Gasteiger partial charge in [-0.15, -0.1) is 6.58 Å². The molecule has 70 valence electrons. The van der Waals surface area contributed by atoms with Gasteiger partial charge in [0, 0.05) is 18.7 Å². The van der Waals surface area contributed by atoms with E-state index in [0.717, 1.165) is 5.56 Å². The van der Waals surface area contributed by atoms with Crippen molar-refractivity contribution in [2.75, 3.05) is 6.54 Å². The van der Waals surface area contributed by atoms with Gasteiger partial charge in [0.15, 0.2) is 0 Å². The second-order valence-electron chi connectivity index (χ2n) is 2.67. The van der Waals surface area contributed by atoms with Gasteiger partial charge in [-0.1, -0.05) is 29.8 Å². The first-order chi connectivity index (χ1) is 6.25. The smallest absolute Gasteiger partial charge is 0.138 e. The fourth-order valence-corrected chi connectivity index (χ4v) is 1.21. The Bertz CT molecular complexity index is 299. The zero-order chi connectivity index (χ0) is 9.68. The van der Waals surface area contributed by atoms with Gasteiger partial charge in [0.25, 0.3) is 0 Å². The van der Waals surface area contributed by atoms with Crippen LogP contribution in [0.2, 0.25) is 5.02 Å². The van der Waals surface area contributed by atoms with Gasteiger partial charge < -0.3 is 10.4 Å². The summed E-state index contributed by atoms with van der Waals surface area (Å²) in [6, 6.07) is 5.30. The van der Waals surface area contributed by atoms with Gasteiger partial charge >= 0.3 is 0 Å². The Morgan fingerprint density at radius 3 is 3.00 bits per heavy atom. The van der Waals surface area contributed by atoms with Crippen LogP contribution in [0.15, 0.2) is 30.9 Å². The van der Waals surface area contributed by atoms with Gasteiger partial charge in [-0.3, -0.25) is 0 Å². The lowest BCUT2D eigenvalue weighted by molar-refractivity contribution is 0.466. The Hall–Kier alpha value is -0.990. The summed E-state index contributed by atoms with van der Waals surface area (Å²) in [6.45, 7) is 4.89. The molecule has 0 fully saturated rings. The van der Waals surface area contributed by atoms with Crippen molar-refractivity contribution < 1.29 is 5.11 Å². The first kappa shape index (κ1) is 10.1. The van der Waals surface area contributed by atoms with Crippen molar-refractivity contribution in [3.8, 4) is 5.75 Å². The molecular formula is C10H12ClNO. The predicted molar refractivity (Wildman–Crippen MR) is 55.0 cm³/mol. The van der Waals surface area contributed by atoms with Crippen molar-refractivity contribution in [3.63, 3.8) is 0 Å². The van der Waals surface area contributed by atoms with Gasteiger partial charge in [-0.25, -0.2) is 0 Å². The molecule has 0 heterocycles. The second-order valence-corrected chi connectivity index (χ2v) is 3.07. The number of hydrogen-bond donors (Lipinski definition) is 2. The second kappa shape index (κ2) is 4.90. The molecular weight excluding hydrogens is 186 g/mol. The first-order valence-electron chi connectivity index (χ1n) is 4.03. The summed E-state index contributed by atoms with van der Waals surface area (Å²) in [7, 11) is 0. The molecule has 0 aliphatic carbocycles. The van der Waals surface area contributed by atoms with Crippen molar-refractivity contribution in [2.45, 2.75) is 6.54 Å². The molecule has 1 rings (SSSR count). The molecule has 0 radical (unpaired) electrons. The number of phenols is 1. The van der Waals surface area contributed by atoms with E-state index in [4.69, 9.17) is 11.6 Å². The standard InChI is InChI=1S/C10H12ClNO/c1-2-6-12-7-8-4-3-5-9(11)10(8)13/h2-5,12-13H,1,6-7H2. The van der Waals surface area contributed by atoms with Crippen LogP contribution in [-0.4, -0.2) is 11.7 Å². The van der Waals surface area contributed by atoms with E-state index in [1.807, 2.05) is 12.1 Å². The van der Waals surface area contributed by atoms with E-state index in [9.17, 15) is 5.11 Å². The summed E-state index contributed by atoms with van der Waals surface area (Å²) in [5.41, 5.74) is 0.800. The Balaban J connectivity index is 2.65. The predicted octanol–water partition coefficient (Wildman–Crippen LogP) is 2.32. The minimum absolute atomic E-state index is 0.153. The molecule has 0 unspecified atom stereocenters. The van der Waals surface area contributed by atoms with Gasteiger partial charge in [-0.05, 0) is 6.07 Å². The number of para-hydroxylation sites is 1. The molecule has 0 bridgehead atoms. The average Bonchev–Trinajstić information content (AvgIpc) is 2.13. The van der Waals surface area contributed by atoms with E-state index in [0.29, 0.717) is 18.1 Å². The lowest BCUT2D eigenvalue weighted by Crippen LogP contribution is -2.12. The topological polar surface area (TPSA) is 32.3 Å². The van der Waals surface area contributed by atoms with Gasteiger partial charge in [0.05, 0.1) is 5.02 Å². The molecule has 0 aromatic heterocycles. The molecule has 0 amide bonds. The summed E-state index contributed by atoms with van der Waals surface area (Å²) >= 11 is 5.73. The number of nitrogens with one attached hydrogen (secondary N) is 1. The summed E-state index contributed by atoms with van der Waals surface area (Å²) in [4.78, 5) is 0. The molecule has 0 saturated carbocycles.